The molecule has 2 N–H and O–H groups in total. The third kappa shape index (κ3) is 6.67. The fraction of sp³-hybridized carbons (Fsp3) is 0.500. The molecule has 0 spiro atoms. The molecule has 6 heteroatoms. The summed E-state index contributed by atoms with van der Waals surface area (Å²) in [5, 5.41) is 7.69. The van der Waals surface area contributed by atoms with Gasteiger partial charge in [-0.15, -0.1) is 11.3 Å². The van der Waals surface area contributed by atoms with Crippen LogP contribution >= 0.6 is 11.3 Å². The van der Waals surface area contributed by atoms with E-state index in [1.807, 2.05) is 6.20 Å². The minimum atomic E-state index is -0.238. The molecular formula is C20H30N4OS. The molecule has 0 atom stereocenters. The van der Waals surface area contributed by atoms with Gasteiger partial charge in [0.05, 0.1) is 13.1 Å². The second-order valence-corrected chi connectivity index (χ2v) is 8.56. The van der Waals surface area contributed by atoms with Gasteiger partial charge in [-0.05, 0) is 53.2 Å². The second-order valence-electron chi connectivity index (χ2n) is 7.24. The molecule has 0 aliphatic carbocycles. The lowest BCUT2D eigenvalue weighted by molar-refractivity contribution is 0.129. The van der Waals surface area contributed by atoms with Gasteiger partial charge >= 0.3 is 0 Å². The van der Waals surface area contributed by atoms with Crippen LogP contribution in [-0.4, -0.2) is 23.1 Å². The van der Waals surface area contributed by atoms with Gasteiger partial charge < -0.3 is 15.4 Å². The second kappa shape index (κ2) is 9.03. The molecule has 2 aromatic rings. The number of guanidine groups is 1. The Balaban J connectivity index is 2.10. The molecule has 26 heavy (non-hydrogen) atoms. The van der Waals surface area contributed by atoms with Crippen molar-refractivity contribution < 1.29 is 4.74 Å². The zero-order valence-corrected chi connectivity index (χ0v) is 17.5. The Morgan fingerprint density at radius 3 is 2.62 bits per heavy atom. The predicted octanol–water partition coefficient (Wildman–Crippen LogP) is 4.19. The first kappa shape index (κ1) is 20.2. The maximum absolute atomic E-state index is 6.12. The van der Waals surface area contributed by atoms with Gasteiger partial charge in [0, 0.05) is 23.2 Å². The Labute approximate surface area is 160 Å². The standard InChI is InChI=1S/C20H30N4OS/c1-7-21-19(24-13-18-22-11-15(3)26-18)23-12-16-9-8-14(2)10-17(16)25-20(4,5)6/h8-11H,7,12-13H2,1-6H3,(H2,21,23,24). The number of rotatable bonds is 6. The van der Waals surface area contributed by atoms with Crippen LogP contribution < -0.4 is 15.4 Å². The number of aliphatic imine (C=N–C) groups is 1. The van der Waals surface area contributed by atoms with Crippen LogP contribution in [0.2, 0.25) is 0 Å². The smallest absolute Gasteiger partial charge is 0.191 e. The minimum absolute atomic E-state index is 0.238. The maximum Gasteiger partial charge on any atom is 0.191 e. The molecule has 2 rings (SSSR count). The average molecular weight is 375 g/mol. The van der Waals surface area contributed by atoms with E-state index in [9.17, 15) is 0 Å². The van der Waals surface area contributed by atoms with E-state index in [2.05, 4.69) is 75.4 Å². The van der Waals surface area contributed by atoms with Crippen molar-refractivity contribution in [2.75, 3.05) is 6.54 Å². The van der Waals surface area contributed by atoms with E-state index < -0.39 is 0 Å². The van der Waals surface area contributed by atoms with Crippen LogP contribution in [0.1, 0.15) is 48.7 Å². The van der Waals surface area contributed by atoms with Crippen molar-refractivity contribution in [1.29, 1.82) is 0 Å². The van der Waals surface area contributed by atoms with Crippen molar-refractivity contribution in [2.45, 2.75) is 60.2 Å². The number of aryl methyl sites for hydroxylation is 2. The van der Waals surface area contributed by atoms with E-state index in [4.69, 9.17) is 9.73 Å². The average Bonchev–Trinajstić information content (AvgIpc) is 2.95. The van der Waals surface area contributed by atoms with Crippen molar-refractivity contribution in [3.05, 3.63) is 45.4 Å². The van der Waals surface area contributed by atoms with Gasteiger partial charge in [-0.2, -0.15) is 0 Å². The molecule has 0 saturated heterocycles. The summed E-state index contributed by atoms with van der Waals surface area (Å²) in [6.07, 6.45) is 1.90. The summed E-state index contributed by atoms with van der Waals surface area (Å²) in [7, 11) is 0. The van der Waals surface area contributed by atoms with Crippen molar-refractivity contribution in [1.82, 2.24) is 15.6 Å². The Kier molecular flexibility index (Phi) is 7.03. The molecule has 0 fully saturated rings. The van der Waals surface area contributed by atoms with Crippen LogP contribution in [-0.2, 0) is 13.1 Å². The predicted molar refractivity (Wildman–Crippen MR) is 110 cm³/mol. The summed E-state index contributed by atoms with van der Waals surface area (Å²) in [6, 6.07) is 6.27. The third-order valence-electron chi connectivity index (χ3n) is 3.47. The Bertz CT molecular complexity index is 747. The van der Waals surface area contributed by atoms with Crippen LogP contribution in [0.3, 0.4) is 0 Å². The topological polar surface area (TPSA) is 58.5 Å². The highest BCUT2D eigenvalue weighted by atomic mass is 32.1. The minimum Gasteiger partial charge on any atom is -0.488 e. The summed E-state index contributed by atoms with van der Waals surface area (Å²) >= 11 is 1.70. The molecule has 0 aliphatic rings. The highest BCUT2D eigenvalue weighted by Crippen LogP contribution is 2.25. The lowest BCUT2D eigenvalue weighted by Crippen LogP contribution is -2.36. The summed E-state index contributed by atoms with van der Waals surface area (Å²) in [5.74, 6) is 1.68. The Morgan fingerprint density at radius 1 is 1.23 bits per heavy atom. The van der Waals surface area contributed by atoms with Gasteiger partial charge in [-0.3, -0.25) is 0 Å². The van der Waals surface area contributed by atoms with Crippen LogP contribution in [0, 0.1) is 13.8 Å². The lowest BCUT2D eigenvalue weighted by Gasteiger charge is -2.23. The lowest BCUT2D eigenvalue weighted by atomic mass is 10.1. The van der Waals surface area contributed by atoms with E-state index >= 15 is 0 Å². The molecular weight excluding hydrogens is 344 g/mol. The number of benzene rings is 1. The molecule has 5 nitrogen and oxygen atoms in total. The first-order valence-corrected chi connectivity index (χ1v) is 9.80. The number of aromatic nitrogens is 1. The monoisotopic (exact) mass is 374 g/mol. The van der Waals surface area contributed by atoms with Gasteiger partial charge in [0.2, 0.25) is 0 Å². The van der Waals surface area contributed by atoms with E-state index in [0.29, 0.717) is 13.1 Å². The highest BCUT2D eigenvalue weighted by Gasteiger charge is 2.15. The van der Waals surface area contributed by atoms with E-state index in [1.165, 1.54) is 10.4 Å². The van der Waals surface area contributed by atoms with Gasteiger partial charge in [0.25, 0.3) is 0 Å². The Morgan fingerprint density at radius 2 is 2.00 bits per heavy atom. The molecule has 1 aromatic carbocycles. The number of thiazole rings is 1. The molecule has 1 aromatic heterocycles. The molecule has 0 amide bonds. The fourth-order valence-electron chi connectivity index (χ4n) is 2.37. The molecule has 0 aliphatic heterocycles. The van der Waals surface area contributed by atoms with Crippen LogP contribution in [0.15, 0.2) is 29.4 Å². The molecule has 0 radical (unpaired) electrons. The summed E-state index contributed by atoms with van der Waals surface area (Å²) in [6.45, 7) is 14.4. The normalized spacial score (nSPS) is 12.2. The number of nitrogens with one attached hydrogen (secondary N) is 2. The zero-order chi connectivity index (χ0) is 19.2. The first-order chi connectivity index (χ1) is 12.3. The number of nitrogens with zero attached hydrogens (tertiary/aromatic N) is 2. The summed E-state index contributed by atoms with van der Waals surface area (Å²) in [5.41, 5.74) is 2.02. The summed E-state index contributed by atoms with van der Waals surface area (Å²) in [4.78, 5) is 10.3. The van der Waals surface area contributed by atoms with Gasteiger partial charge in [-0.1, -0.05) is 12.1 Å². The number of hydrogen-bond acceptors (Lipinski definition) is 4. The van der Waals surface area contributed by atoms with E-state index in [-0.39, 0.29) is 5.60 Å². The highest BCUT2D eigenvalue weighted by molar-refractivity contribution is 7.11. The molecule has 0 saturated carbocycles. The number of hydrogen-bond donors (Lipinski definition) is 2. The summed E-state index contributed by atoms with van der Waals surface area (Å²) < 4.78 is 6.12. The van der Waals surface area contributed by atoms with Gasteiger partial charge in [0.15, 0.2) is 5.96 Å². The van der Waals surface area contributed by atoms with Gasteiger partial charge in [-0.25, -0.2) is 9.98 Å². The quantitative estimate of drug-likeness (QED) is 0.588. The Hall–Kier alpha value is -2.08. The molecule has 1 heterocycles. The van der Waals surface area contributed by atoms with E-state index in [1.54, 1.807) is 11.3 Å². The van der Waals surface area contributed by atoms with Crippen molar-refractivity contribution in [3.63, 3.8) is 0 Å². The number of ether oxygens (including phenoxy) is 1. The van der Waals surface area contributed by atoms with Gasteiger partial charge in [0.1, 0.15) is 16.4 Å². The SMILES string of the molecule is CCNC(=NCc1ccc(C)cc1OC(C)(C)C)NCc1ncc(C)s1. The fourth-order valence-corrected chi connectivity index (χ4v) is 3.09. The van der Waals surface area contributed by atoms with Crippen LogP contribution in [0.5, 0.6) is 5.75 Å². The van der Waals surface area contributed by atoms with Crippen molar-refractivity contribution in [2.24, 2.45) is 4.99 Å². The largest absolute Gasteiger partial charge is 0.488 e. The molecule has 0 bridgehead atoms. The van der Waals surface area contributed by atoms with Crippen LogP contribution in [0.4, 0.5) is 0 Å². The maximum atomic E-state index is 6.12. The molecule has 142 valence electrons. The van der Waals surface area contributed by atoms with Crippen molar-refractivity contribution >= 4 is 17.3 Å². The zero-order valence-electron chi connectivity index (χ0n) is 16.6. The van der Waals surface area contributed by atoms with Crippen LogP contribution in [0.25, 0.3) is 0 Å². The first-order valence-electron chi connectivity index (χ1n) is 8.99. The molecule has 0 unspecified atom stereocenters. The third-order valence-corrected chi connectivity index (χ3v) is 4.38. The van der Waals surface area contributed by atoms with Crippen molar-refractivity contribution in [3.8, 4) is 5.75 Å². The van der Waals surface area contributed by atoms with E-state index in [0.717, 1.165) is 28.8 Å².